The van der Waals surface area contributed by atoms with Crippen LogP contribution in [0.1, 0.15) is 58.7 Å². The van der Waals surface area contributed by atoms with E-state index in [0.29, 0.717) is 5.41 Å². The number of aromatic nitrogens is 1. The Kier molecular flexibility index (Phi) is 7.97. The number of halogens is 1. The lowest BCUT2D eigenvalue weighted by atomic mass is 9.93. The molecule has 1 aliphatic heterocycles. The van der Waals surface area contributed by atoms with E-state index in [9.17, 15) is 0 Å². The lowest BCUT2D eigenvalue weighted by Crippen LogP contribution is -2.40. The molecule has 0 saturated carbocycles. The second-order valence-electron chi connectivity index (χ2n) is 8.20. The van der Waals surface area contributed by atoms with Gasteiger partial charge < -0.3 is 10.2 Å². The molecule has 1 aromatic heterocycles. The Morgan fingerprint density at radius 3 is 2.62 bits per heavy atom. The van der Waals surface area contributed by atoms with Gasteiger partial charge in [0.2, 0.25) is 0 Å². The molecule has 0 atom stereocenters. The topological polar surface area (TPSA) is 40.5 Å². The fraction of sp³-hybridized carbons (Fsp3) is 0.778. The van der Waals surface area contributed by atoms with E-state index in [4.69, 9.17) is 9.98 Å². The van der Waals surface area contributed by atoms with Crippen molar-refractivity contribution in [3.05, 3.63) is 16.1 Å². The first-order valence-electron chi connectivity index (χ1n) is 8.69. The van der Waals surface area contributed by atoms with Crippen molar-refractivity contribution in [3.63, 3.8) is 0 Å². The molecule has 0 bridgehead atoms. The molecular formula is C18H33IN4S. The van der Waals surface area contributed by atoms with Crippen molar-refractivity contribution in [3.8, 4) is 0 Å². The Hall–Kier alpha value is -0.370. The minimum Gasteiger partial charge on any atom is -0.357 e. The van der Waals surface area contributed by atoms with Crippen LogP contribution in [0, 0.1) is 5.41 Å². The van der Waals surface area contributed by atoms with Gasteiger partial charge in [-0.3, -0.25) is 4.99 Å². The molecule has 0 aromatic carbocycles. The van der Waals surface area contributed by atoms with E-state index in [1.807, 2.05) is 0 Å². The average molecular weight is 464 g/mol. The summed E-state index contributed by atoms with van der Waals surface area (Å²) < 4.78 is 0. The number of hydrogen-bond donors (Lipinski definition) is 1. The molecule has 6 heteroatoms. The zero-order valence-corrected chi connectivity index (χ0v) is 19.1. The van der Waals surface area contributed by atoms with Crippen molar-refractivity contribution in [2.75, 3.05) is 26.2 Å². The maximum absolute atomic E-state index is 4.83. The largest absolute Gasteiger partial charge is 0.357 e. The van der Waals surface area contributed by atoms with Crippen molar-refractivity contribution < 1.29 is 0 Å². The number of likely N-dealkylation sites (tertiary alicyclic amines) is 1. The van der Waals surface area contributed by atoms with E-state index in [0.717, 1.165) is 38.6 Å². The Morgan fingerprint density at radius 2 is 2.12 bits per heavy atom. The molecule has 1 aromatic rings. The van der Waals surface area contributed by atoms with Gasteiger partial charge in [0.05, 0.1) is 10.7 Å². The minimum absolute atomic E-state index is 0. The summed E-state index contributed by atoms with van der Waals surface area (Å²) in [5, 5.41) is 6.82. The van der Waals surface area contributed by atoms with E-state index in [1.54, 1.807) is 11.3 Å². The third kappa shape index (κ3) is 6.17. The minimum atomic E-state index is 0. The van der Waals surface area contributed by atoms with Gasteiger partial charge in [-0.15, -0.1) is 35.3 Å². The Bertz CT molecular complexity index is 545. The van der Waals surface area contributed by atoms with Crippen molar-refractivity contribution in [1.82, 2.24) is 15.2 Å². The van der Waals surface area contributed by atoms with Gasteiger partial charge in [0.1, 0.15) is 0 Å². The van der Waals surface area contributed by atoms with Crippen molar-refractivity contribution in [2.24, 2.45) is 10.4 Å². The van der Waals surface area contributed by atoms with Crippen molar-refractivity contribution in [1.29, 1.82) is 0 Å². The molecule has 138 valence electrons. The molecule has 2 rings (SSSR count). The van der Waals surface area contributed by atoms with Crippen LogP contribution in [0.2, 0.25) is 0 Å². The first-order chi connectivity index (χ1) is 10.7. The molecular weight excluding hydrogens is 431 g/mol. The molecule has 1 fully saturated rings. The summed E-state index contributed by atoms with van der Waals surface area (Å²) in [4.78, 5) is 12.0. The average Bonchev–Trinajstić information content (AvgIpc) is 3.04. The quantitative estimate of drug-likeness (QED) is 0.411. The van der Waals surface area contributed by atoms with Crippen LogP contribution in [0.3, 0.4) is 0 Å². The van der Waals surface area contributed by atoms with Crippen LogP contribution in [-0.4, -0.2) is 42.0 Å². The van der Waals surface area contributed by atoms with E-state index in [1.165, 1.54) is 17.1 Å². The summed E-state index contributed by atoms with van der Waals surface area (Å²) in [6.07, 6.45) is 2.16. The van der Waals surface area contributed by atoms with Gasteiger partial charge in [-0.2, -0.15) is 0 Å². The van der Waals surface area contributed by atoms with Crippen LogP contribution in [0.5, 0.6) is 0 Å². The number of thiazole rings is 1. The predicted octanol–water partition coefficient (Wildman–Crippen LogP) is 4.30. The standard InChI is InChI=1S/C18H32N4S.HI/c1-7-19-16(22-11-9-18(5,6)13-22)20-10-8-15-21-14(12-23-15)17(2,3)4;/h12H,7-11,13H2,1-6H3,(H,19,20);1H. The van der Waals surface area contributed by atoms with Gasteiger partial charge >= 0.3 is 0 Å². The Balaban J connectivity index is 0.00000288. The highest BCUT2D eigenvalue weighted by molar-refractivity contribution is 14.0. The molecule has 1 saturated heterocycles. The summed E-state index contributed by atoms with van der Waals surface area (Å²) in [6.45, 7) is 17.3. The summed E-state index contributed by atoms with van der Waals surface area (Å²) in [7, 11) is 0. The highest BCUT2D eigenvalue weighted by Gasteiger charge is 2.30. The maximum Gasteiger partial charge on any atom is 0.193 e. The normalized spacial score (nSPS) is 17.8. The van der Waals surface area contributed by atoms with Gasteiger partial charge in [0.25, 0.3) is 0 Å². The molecule has 0 unspecified atom stereocenters. The third-order valence-electron chi connectivity index (χ3n) is 4.22. The summed E-state index contributed by atoms with van der Waals surface area (Å²) >= 11 is 1.76. The SMILES string of the molecule is CCNC(=NCCc1nc(C(C)(C)C)cs1)N1CCC(C)(C)C1.I. The van der Waals surface area contributed by atoms with Gasteiger partial charge in [-0.1, -0.05) is 34.6 Å². The summed E-state index contributed by atoms with van der Waals surface area (Å²) in [5.41, 5.74) is 1.72. The number of nitrogens with zero attached hydrogens (tertiary/aromatic N) is 3. The van der Waals surface area contributed by atoms with Crippen molar-refractivity contribution in [2.45, 2.75) is 59.8 Å². The smallest absolute Gasteiger partial charge is 0.193 e. The molecule has 0 aliphatic carbocycles. The first kappa shape index (κ1) is 21.7. The number of nitrogens with one attached hydrogen (secondary N) is 1. The molecule has 4 nitrogen and oxygen atoms in total. The van der Waals surface area contributed by atoms with Crippen LogP contribution < -0.4 is 5.32 Å². The molecule has 1 aliphatic rings. The second-order valence-corrected chi connectivity index (χ2v) is 9.14. The Morgan fingerprint density at radius 1 is 1.42 bits per heavy atom. The fourth-order valence-corrected chi connectivity index (χ4v) is 3.76. The van der Waals surface area contributed by atoms with Crippen LogP contribution in [-0.2, 0) is 11.8 Å². The number of guanidine groups is 1. The number of rotatable bonds is 4. The number of aliphatic imine (C=N–C) groups is 1. The maximum atomic E-state index is 4.83. The van der Waals surface area contributed by atoms with E-state index < -0.39 is 0 Å². The lowest BCUT2D eigenvalue weighted by molar-refractivity contribution is 0.370. The molecule has 2 heterocycles. The molecule has 0 amide bonds. The molecule has 0 spiro atoms. The summed E-state index contributed by atoms with van der Waals surface area (Å²) in [5.74, 6) is 1.06. The van der Waals surface area contributed by atoms with Crippen LogP contribution in [0.4, 0.5) is 0 Å². The highest BCUT2D eigenvalue weighted by Crippen LogP contribution is 2.28. The first-order valence-corrected chi connectivity index (χ1v) is 9.57. The van der Waals surface area contributed by atoms with Crippen LogP contribution in [0.25, 0.3) is 0 Å². The van der Waals surface area contributed by atoms with E-state index in [2.05, 4.69) is 57.1 Å². The van der Waals surface area contributed by atoms with E-state index in [-0.39, 0.29) is 29.4 Å². The third-order valence-corrected chi connectivity index (χ3v) is 5.13. The van der Waals surface area contributed by atoms with Gasteiger partial charge in [0, 0.05) is 43.4 Å². The lowest BCUT2D eigenvalue weighted by Gasteiger charge is -2.23. The second kappa shape index (κ2) is 8.83. The van der Waals surface area contributed by atoms with Gasteiger partial charge in [-0.25, -0.2) is 4.98 Å². The molecule has 1 N–H and O–H groups in total. The van der Waals surface area contributed by atoms with E-state index >= 15 is 0 Å². The fourth-order valence-electron chi connectivity index (χ4n) is 2.75. The molecule has 0 radical (unpaired) electrons. The highest BCUT2D eigenvalue weighted by atomic mass is 127. The predicted molar refractivity (Wildman–Crippen MR) is 116 cm³/mol. The zero-order chi connectivity index (χ0) is 17.1. The van der Waals surface area contributed by atoms with Gasteiger partial charge in [0.15, 0.2) is 5.96 Å². The van der Waals surface area contributed by atoms with Gasteiger partial charge in [-0.05, 0) is 18.8 Å². The number of hydrogen-bond acceptors (Lipinski definition) is 3. The molecule has 24 heavy (non-hydrogen) atoms. The van der Waals surface area contributed by atoms with Crippen LogP contribution in [0.15, 0.2) is 10.4 Å². The zero-order valence-electron chi connectivity index (χ0n) is 16.0. The van der Waals surface area contributed by atoms with Crippen molar-refractivity contribution >= 4 is 41.3 Å². The Labute approximate surface area is 168 Å². The summed E-state index contributed by atoms with van der Waals surface area (Å²) in [6, 6.07) is 0. The van der Waals surface area contributed by atoms with Crippen LogP contribution >= 0.6 is 35.3 Å². The monoisotopic (exact) mass is 464 g/mol.